The van der Waals surface area contributed by atoms with Gasteiger partial charge in [-0.2, -0.15) is 5.10 Å². The highest BCUT2D eigenvalue weighted by molar-refractivity contribution is 7.89. The highest BCUT2D eigenvalue weighted by Gasteiger charge is 2.15. The van der Waals surface area contributed by atoms with Gasteiger partial charge in [0.2, 0.25) is 0 Å². The fraction of sp³-hybridized carbons (Fsp3) is 0.444. The smallest absolute Gasteiger partial charge is 0.257 e. The summed E-state index contributed by atoms with van der Waals surface area (Å²) in [5, 5.41) is 4.12. The van der Waals surface area contributed by atoms with E-state index in [0.717, 1.165) is 0 Å². The number of imidazole rings is 1. The Labute approximate surface area is 105 Å². The highest BCUT2D eigenvalue weighted by Crippen LogP contribution is 2.04. The summed E-state index contributed by atoms with van der Waals surface area (Å²) >= 11 is 0. The van der Waals surface area contributed by atoms with E-state index in [0.29, 0.717) is 18.1 Å². The van der Waals surface area contributed by atoms with Crippen molar-refractivity contribution in [2.45, 2.75) is 18.4 Å². The van der Waals surface area contributed by atoms with E-state index in [1.165, 1.54) is 6.20 Å². The first-order valence-corrected chi connectivity index (χ1v) is 6.81. The third-order valence-corrected chi connectivity index (χ3v) is 3.63. The van der Waals surface area contributed by atoms with Crippen LogP contribution in [0.4, 0.5) is 0 Å². The van der Waals surface area contributed by atoms with Gasteiger partial charge in [0.15, 0.2) is 10.9 Å². The standard InChI is InChI=1S/C9H14N6O2S/c1-7-10-5-9(13-7)18(16,17)12-4-3-8-11-6-15(2)14-8/h5-6,12H,3-4H2,1-2H3,(H,10,13). The monoisotopic (exact) mass is 270 g/mol. The van der Waals surface area contributed by atoms with E-state index in [1.54, 1.807) is 25.0 Å². The lowest BCUT2D eigenvalue weighted by atomic mass is 10.4. The van der Waals surface area contributed by atoms with Crippen molar-refractivity contribution in [2.75, 3.05) is 6.54 Å². The Hall–Kier alpha value is -1.74. The number of sulfonamides is 1. The molecule has 98 valence electrons. The second-order valence-corrected chi connectivity index (χ2v) is 5.55. The molecule has 2 rings (SSSR count). The van der Waals surface area contributed by atoms with Gasteiger partial charge in [0, 0.05) is 20.0 Å². The van der Waals surface area contributed by atoms with Crippen LogP contribution in [0.5, 0.6) is 0 Å². The summed E-state index contributed by atoms with van der Waals surface area (Å²) in [4.78, 5) is 10.5. The summed E-state index contributed by atoms with van der Waals surface area (Å²) in [7, 11) is -1.78. The normalized spacial score (nSPS) is 11.9. The largest absolute Gasteiger partial charge is 0.332 e. The molecule has 0 aromatic carbocycles. The lowest BCUT2D eigenvalue weighted by Crippen LogP contribution is -2.26. The van der Waals surface area contributed by atoms with E-state index in [9.17, 15) is 8.42 Å². The van der Waals surface area contributed by atoms with Crippen LogP contribution in [0.25, 0.3) is 0 Å². The molecule has 0 spiro atoms. The molecule has 9 heteroatoms. The SMILES string of the molecule is Cc1ncc(S(=O)(=O)NCCc2ncn(C)n2)[nH]1. The molecule has 0 amide bonds. The van der Waals surface area contributed by atoms with Gasteiger partial charge in [-0.25, -0.2) is 23.1 Å². The number of rotatable bonds is 5. The summed E-state index contributed by atoms with van der Waals surface area (Å²) in [6, 6.07) is 0. The van der Waals surface area contributed by atoms with Crippen molar-refractivity contribution >= 4 is 10.0 Å². The zero-order valence-electron chi connectivity index (χ0n) is 10.1. The molecule has 2 heterocycles. The lowest BCUT2D eigenvalue weighted by Gasteiger charge is -2.02. The van der Waals surface area contributed by atoms with E-state index in [2.05, 4.69) is 24.8 Å². The fourth-order valence-electron chi connectivity index (χ4n) is 1.41. The van der Waals surface area contributed by atoms with Crippen molar-refractivity contribution in [3.05, 3.63) is 24.2 Å². The number of hydrogen-bond donors (Lipinski definition) is 2. The van der Waals surface area contributed by atoms with Gasteiger partial charge in [0.05, 0.1) is 6.20 Å². The van der Waals surface area contributed by atoms with Gasteiger partial charge in [0.25, 0.3) is 10.0 Å². The van der Waals surface area contributed by atoms with Crippen molar-refractivity contribution < 1.29 is 8.42 Å². The minimum atomic E-state index is -3.53. The topological polar surface area (TPSA) is 106 Å². The van der Waals surface area contributed by atoms with E-state index in [-0.39, 0.29) is 11.6 Å². The summed E-state index contributed by atoms with van der Waals surface area (Å²) in [6.07, 6.45) is 3.30. The first-order valence-electron chi connectivity index (χ1n) is 5.33. The van der Waals surface area contributed by atoms with Gasteiger partial charge < -0.3 is 4.98 Å². The molecule has 0 unspecified atom stereocenters. The summed E-state index contributed by atoms with van der Waals surface area (Å²) in [5.74, 6) is 1.16. The molecule has 0 aliphatic carbocycles. The summed E-state index contributed by atoms with van der Waals surface area (Å²) in [6.45, 7) is 1.93. The molecule has 0 aliphatic rings. The molecule has 8 nitrogen and oxygen atoms in total. The molecule has 0 fully saturated rings. The zero-order valence-corrected chi connectivity index (χ0v) is 10.9. The van der Waals surface area contributed by atoms with Gasteiger partial charge in [-0.05, 0) is 6.92 Å². The average molecular weight is 270 g/mol. The Balaban J connectivity index is 1.93. The fourth-order valence-corrected chi connectivity index (χ4v) is 2.41. The maximum atomic E-state index is 11.8. The van der Waals surface area contributed by atoms with Crippen LogP contribution in [0, 0.1) is 6.92 Å². The highest BCUT2D eigenvalue weighted by atomic mass is 32.2. The van der Waals surface area contributed by atoms with Crippen molar-refractivity contribution in [1.29, 1.82) is 0 Å². The van der Waals surface area contributed by atoms with E-state index in [4.69, 9.17) is 0 Å². The number of aromatic nitrogens is 5. The second kappa shape index (κ2) is 4.86. The molecule has 0 saturated heterocycles. The van der Waals surface area contributed by atoms with Crippen molar-refractivity contribution in [1.82, 2.24) is 29.5 Å². The number of nitrogens with one attached hydrogen (secondary N) is 2. The van der Waals surface area contributed by atoms with E-state index in [1.807, 2.05) is 0 Å². The number of aryl methyl sites for hydroxylation is 2. The number of hydrogen-bond acceptors (Lipinski definition) is 5. The van der Waals surface area contributed by atoms with Crippen LogP contribution in [0.3, 0.4) is 0 Å². The minimum Gasteiger partial charge on any atom is -0.332 e. The van der Waals surface area contributed by atoms with Gasteiger partial charge in [-0.3, -0.25) is 4.68 Å². The summed E-state index contributed by atoms with van der Waals surface area (Å²) < 4.78 is 27.7. The molecule has 0 radical (unpaired) electrons. The Morgan fingerprint density at radius 3 is 2.78 bits per heavy atom. The molecule has 0 aliphatic heterocycles. The Kier molecular flexibility index (Phi) is 3.43. The Bertz CT molecular complexity index is 629. The van der Waals surface area contributed by atoms with Crippen molar-refractivity contribution in [3.8, 4) is 0 Å². The van der Waals surface area contributed by atoms with Gasteiger partial charge in [-0.15, -0.1) is 0 Å². The number of nitrogens with zero attached hydrogens (tertiary/aromatic N) is 4. The second-order valence-electron chi connectivity index (χ2n) is 3.82. The maximum absolute atomic E-state index is 11.8. The quantitative estimate of drug-likeness (QED) is 0.752. The first kappa shape index (κ1) is 12.7. The molecular formula is C9H14N6O2S. The Morgan fingerprint density at radius 2 is 2.22 bits per heavy atom. The molecule has 0 atom stereocenters. The third kappa shape index (κ3) is 2.93. The van der Waals surface area contributed by atoms with Crippen LogP contribution < -0.4 is 4.72 Å². The van der Waals surface area contributed by atoms with E-state index >= 15 is 0 Å². The summed E-state index contributed by atoms with van der Waals surface area (Å²) in [5.41, 5.74) is 0. The van der Waals surface area contributed by atoms with Crippen molar-refractivity contribution in [2.24, 2.45) is 7.05 Å². The molecule has 18 heavy (non-hydrogen) atoms. The van der Waals surface area contributed by atoms with Gasteiger partial charge in [0.1, 0.15) is 12.2 Å². The van der Waals surface area contributed by atoms with Crippen molar-refractivity contribution in [3.63, 3.8) is 0 Å². The zero-order chi connectivity index (χ0) is 13.2. The first-order chi connectivity index (χ1) is 8.47. The van der Waals surface area contributed by atoms with Gasteiger partial charge >= 0.3 is 0 Å². The maximum Gasteiger partial charge on any atom is 0.257 e. The Morgan fingerprint density at radius 1 is 1.44 bits per heavy atom. The van der Waals surface area contributed by atoms with Crippen LogP contribution in [0.2, 0.25) is 0 Å². The predicted molar refractivity (Wildman–Crippen MR) is 63.2 cm³/mol. The van der Waals surface area contributed by atoms with E-state index < -0.39 is 10.0 Å². The molecule has 2 aromatic rings. The lowest BCUT2D eigenvalue weighted by molar-refractivity contribution is 0.577. The molecule has 2 aromatic heterocycles. The number of aromatic amines is 1. The molecule has 2 N–H and O–H groups in total. The molecular weight excluding hydrogens is 256 g/mol. The predicted octanol–water partition coefficient (Wildman–Crippen LogP) is -0.632. The third-order valence-electron chi connectivity index (χ3n) is 2.26. The van der Waals surface area contributed by atoms with Crippen LogP contribution in [0.15, 0.2) is 17.6 Å². The molecule has 0 bridgehead atoms. The van der Waals surface area contributed by atoms with Crippen LogP contribution in [-0.4, -0.2) is 39.7 Å². The van der Waals surface area contributed by atoms with Crippen LogP contribution >= 0.6 is 0 Å². The molecule has 0 saturated carbocycles. The van der Waals surface area contributed by atoms with Gasteiger partial charge in [-0.1, -0.05) is 0 Å². The van der Waals surface area contributed by atoms with Crippen LogP contribution in [-0.2, 0) is 23.5 Å². The minimum absolute atomic E-state index is 0.0639. The van der Waals surface area contributed by atoms with Crippen LogP contribution in [0.1, 0.15) is 11.6 Å². The number of H-pyrrole nitrogens is 1. The average Bonchev–Trinajstić information content (AvgIpc) is 2.88.